The van der Waals surface area contributed by atoms with E-state index in [0.717, 1.165) is 12.0 Å². The normalized spacial score (nSPS) is 17.4. The van der Waals surface area contributed by atoms with Crippen LogP contribution in [0.3, 0.4) is 0 Å². The maximum Gasteiger partial charge on any atom is 0.0175 e. The van der Waals surface area contributed by atoms with Crippen molar-refractivity contribution in [1.29, 1.82) is 0 Å². The van der Waals surface area contributed by atoms with Crippen LogP contribution in [0.5, 0.6) is 0 Å². The van der Waals surface area contributed by atoms with Gasteiger partial charge in [-0.2, -0.15) is 0 Å². The molecule has 1 nitrogen and oxygen atoms in total. The van der Waals surface area contributed by atoms with Crippen molar-refractivity contribution in [2.45, 2.75) is 38.6 Å². The summed E-state index contributed by atoms with van der Waals surface area (Å²) in [4.78, 5) is 0. The molecule has 0 aromatic heterocycles. The molecule has 88 valence electrons. The van der Waals surface area contributed by atoms with Crippen molar-refractivity contribution < 1.29 is 0 Å². The van der Waals surface area contributed by atoms with Gasteiger partial charge in [0.2, 0.25) is 0 Å². The van der Waals surface area contributed by atoms with Gasteiger partial charge in [0.05, 0.1) is 0 Å². The fourth-order valence-electron chi connectivity index (χ4n) is 1.94. The van der Waals surface area contributed by atoms with Crippen LogP contribution >= 0.6 is 15.9 Å². The predicted molar refractivity (Wildman–Crippen MR) is 72.7 cm³/mol. The first kappa shape index (κ1) is 12.1. The topological polar surface area (TPSA) is 12.0 Å². The van der Waals surface area contributed by atoms with E-state index >= 15 is 0 Å². The summed E-state index contributed by atoms with van der Waals surface area (Å²) in [5.41, 5.74) is 1.45. The van der Waals surface area contributed by atoms with Crippen LogP contribution in [-0.4, -0.2) is 12.6 Å². The van der Waals surface area contributed by atoms with Gasteiger partial charge in [-0.1, -0.05) is 41.4 Å². The van der Waals surface area contributed by atoms with Crippen LogP contribution in [0.1, 0.15) is 31.7 Å². The molecule has 1 aliphatic carbocycles. The van der Waals surface area contributed by atoms with E-state index in [2.05, 4.69) is 52.4 Å². The van der Waals surface area contributed by atoms with Gasteiger partial charge in [-0.3, -0.25) is 0 Å². The highest BCUT2D eigenvalue weighted by Gasteiger charge is 2.21. The second kappa shape index (κ2) is 5.83. The molecule has 1 saturated carbocycles. The minimum Gasteiger partial charge on any atom is -0.314 e. The van der Waals surface area contributed by atoms with Crippen LogP contribution in [-0.2, 0) is 6.42 Å². The molecule has 1 unspecified atom stereocenters. The summed E-state index contributed by atoms with van der Waals surface area (Å²) >= 11 is 3.47. The van der Waals surface area contributed by atoms with Gasteiger partial charge in [-0.05, 0) is 49.4 Å². The Morgan fingerprint density at radius 1 is 1.31 bits per heavy atom. The van der Waals surface area contributed by atoms with Crippen LogP contribution in [0.25, 0.3) is 0 Å². The number of rotatable bonds is 6. The van der Waals surface area contributed by atoms with Gasteiger partial charge in [0.1, 0.15) is 0 Å². The molecular formula is C14H20BrN. The summed E-state index contributed by atoms with van der Waals surface area (Å²) in [5.74, 6) is 0.779. The van der Waals surface area contributed by atoms with E-state index in [1.807, 2.05) is 0 Å². The Labute approximate surface area is 107 Å². The van der Waals surface area contributed by atoms with Crippen molar-refractivity contribution in [2.24, 2.45) is 5.92 Å². The highest BCUT2D eigenvalue weighted by atomic mass is 79.9. The molecule has 2 heteroatoms. The van der Waals surface area contributed by atoms with Crippen LogP contribution in [0.2, 0.25) is 0 Å². The molecule has 0 saturated heterocycles. The SMILES string of the molecule is CCC(CNC1CC1)Cc1ccc(Br)cc1. The average molecular weight is 282 g/mol. The zero-order chi connectivity index (χ0) is 11.4. The van der Waals surface area contributed by atoms with Crippen molar-refractivity contribution in [3.63, 3.8) is 0 Å². The largest absolute Gasteiger partial charge is 0.314 e. The third kappa shape index (κ3) is 3.91. The number of halogens is 1. The predicted octanol–water partition coefficient (Wildman–Crippen LogP) is 3.77. The fraction of sp³-hybridized carbons (Fsp3) is 0.571. The zero-order valence-electron chi connectivity index (χ0n) is 9.88. The van der Waals surface area contributed by atoms with Gasteiger partial charge in [-0.15, -0.1) is 0 Å². The second-order valence-electron chi connectivity index (χ2n) is 4.79. The van der Waals surface area contributed by atoms with Gasteiger partial charge in [0.25, 0.3) is 0 Å². The monoisotopic (exact) mass is 281 g/mol. The minimum atomic E-state index is 0.779. The Bertz CT molecular complexity index is 316. The lowest BCUT2D eigenvalue weighted by atomic mass is 9.97. The molecule has 16 heavy (non-hydrogen) atoms. The average Bonchev–Trinajstić information content (AvgIpc) is 3.11. The smallest absolute Gasteiger partial charge is 0.0175 e. The maximum absolute atomic E-state index is 3.63. The molecule has 0 radical (unpaired) electrons. The Morgan fingerprint density at radius 3 is 2.56 bits per heavy atom. The molecule has 1 aliphatic rings. The van der Waals surface area contributed by atoms with E-state index in [0.29, 0.717) is 0 Å². The second-order valence-corrected chi connectivity index (χ2v) is 5.70. The summed E-state index contributed by atoms with van der Waals surface area (Å²) in [6.45, 7) is 3.47. The van der Waals surface area contributed by atoms with Gasteiger partial charge >= 0.3 is 0 Å². The lowest BCUT2D eigenvalue weighted by molar-refractivity contribution is 0.458. The Kier molecular flexibility index (Phi) is 4.42. The molecule has 0 aliphatic heterocycles. The molecule has 0 spiro atoms. The third-order valence-electron chi connectivity index (χ3n) is 3.29. The first-order valence-electron chi connectivity index (χ1n) is 6.25. The van der Waals surface area contributed by atoms with Crippen LogP contribution in [0.15, 0.2) is 28.7 Å². The van der Waals surface area contributed by atoms with Crippen molar-refractivity contribution >= 4 is 15.9 Å². The summed E-state index contributed by atoms with van der Waals surface area (Å²) < 4.78 is 1.17. The van der Waals surface area contributed by atoms with Crippen molar-refractivity contribution in [1.82, 2.24) is 5.32 Å². The molecule has 1 N–H and O–H groups in total. The zero-order valence-corrected chi connectivity index (χ0v) is 11.5. The van der Waals surface area contributed by atoms with E-state index in [1.165, 1.54) is 42.3 Å². The van der Waals surface area contributed by atoms with E-state index in [1.54, 1.807) is 0 Å². The summed E-state index contributed by atoms with van der Waals surface area (Å²) in [5, 5.41) is 3.63. The first-order valence-corrected chi connectivity index (χ1v) is 7.05. The van der Waals surface area contributed by atoms with E-state index in [9.17, 15) is 0 Å². The van der Waals surface area contributed by atoms with Crippen molar-refractivity contribution in [3.8, 4) is 0 Å². The summed E-state index contributed by atoms with van der Waals surface area (Å²) in [6, 6.07) is 9.56. The number of benzene rings is 1. The molecule has 1 fully saturated rings. The highest BCUT2D eigenvalue weighted by Crippen LogP contribution is 2.20. The molecule has 1 aromatic rings. The minimum absolute atomic E-state index is 0.779. The molecule has 2 rings (SSSR count). The number of nitrogens with one attached hydrogen (secondary N) is 1. The van der Waals surface area contributed by atoms with E-state index < -0.39 is 0 Å². The quantitative estimate of drug-likeness (QED) is 0.837. The molecule has 0 amide bonds. The van der Waals surface area contributed by atoms with Crippen LogP contribution in [0.4, 0.5) is 0 Å². The number of hydrogen-bond donors (Lipinski definition) is 1. The number of hydrogen-bond acceptors (Lipinski definition) is 1. The van der Waals surface area contributed by atoms with Gasteiger partial charge in [0.15, 0.2) is 0 Å². The lowest BCUT2D eigenvalue weighted by Gasteiger charge is -2.15. The van der Waals surface area contributed by atoms with Crippen LogP contribution < -0.4 is 5.32 Å². The maximum atomic E-state index is 3.63. The van der Waals surface area contributed by atoms with Crippen LogP contribution in [0, 0.1) is 5.92 Å². The summed E-state index contributed by atoms with van der Waals surface area (Å²) in [7, 11) is 0. The molecule has 1 aromatic carbocycles. The molecule has 0 heterocycles. The van der Waals surface area contributed by atoms with E-state index in [-0.39, 0.29) is 0 Å². The fourth-order valence-corrected chi connectivity index (χ4v) is 2.20. The highest BCUT2D eigenvalue weighted by molar-refractivity contribution is 9.10. The molecule has 1 atom stereocenters. The molecular weight excluding hydrogens is 262 g/mol. The summed E-state index contributed by atoms with van der Waals surface area (Å²) in [6.07, 6.45) is 5.22. The van der Waals surface area contributed by atoms with Gasteiger partial charge < -0.3 is 5.32 Å². The van der Waals surface area contributed by atoms with Crippen molar-refractivity contribution in [3.05, 3.63) is 34.3 Å². The Balaban J connectivity index is 1.82. The molecule has 0 bridgehead atoms. The van der Waals surface area contributed by atoms with Crippen molar-refractivity contribution in [2.75, 3.05) is 6.54 Å². The van der Waals surface area contributed by atoms with Gasteiger partial charge in [0, 0.05) is 10.5 Å². The Morgan fingerprint density at radius 2 is 2.00 bits per heavy atom. The first-order chi connectivity index (χ1) is 7.78. The van der Waals surface area contributed by atoms with Gasteiger partial charge in [-0.25, -0.2) is 0 Å². The third-order valence-corrected chi connectivity index (χ3v) is 3.82. The standard InChI is InChI=1S/C14H20BrN/c1-2-11(10-16-14-7-8-14)9-12-3-5-13(15)6-4-12/h3-6,11,14,16H,2,7-10H2,1H3. The Hall–Kier alpha value is -0.340. The van der Waals surface area contributed by atoms with E-state index in [4.69, 9.17) is 0 Å². The lowest BCUT2D eigenvalue weighted by Crippen LogP contribution is -2.25.